The first-order valence-corrected chi connectivity index (χ1v) is 12.5. The Morgan fingerprint density at radius 1 is 1.06 bits per heavy atom. The highest BCUT2D eigenvalue weighted by atomic mass is 79.9. The van der Waals surface area contributed by atoms with Gasteiger partial charge in [-0.1, -0.05) is 81.8 Å². The zero-order valence-electron chi connectivity index (χ0n) is 17.6. The van der Waals surface area contributed by atoms with Crippen molar-refractivity contribution in [2.24, 2.45) is 0 Å². The lowest BCUT2D eigenvalue weighted by atomic mass is 10.1. The number of carbonyl (C=O) groups is 1. The molecule has 0 saturated carbocycles. The van der Waals surface area contributed by atoms with Gasteiger partial charge in [-0.05, 0) is 55.0 Å². The van der Waals surface area contributed by atoms with E-state index in [-0.39, 0.29) is 5.91 Å². The van der Waals surface area contributed by atoms with Gasteiger partial charge >= 0.3 is 0 Å². The molecule has 3 aromatic rings. The van der Waals surface area contributed by atoms with Crippen LogP contribution in [0.5, 0.6) is 11.5 Å². The third kappa shape index (κ3) is 5.61. The van der Waals surface area contributed by atoms with E-state index in [4.69, 9.17) is 33.3 Å². The second-order valence-corrected chi connectivity index (χ2v) is 10.0. The lowest BCUT2D eigenvalue weighted by Crippen LogP contribution is -2.27. The minimum Gasteiger partial charge on any atom is -0.490 e. The molecule has 0 spiro atoms. The highest BCUT2D eigenvalue weighted by Crippen LogP contribution is 2.38. The van der Waals surface area contributed by atoms with E-state index in [1.807, 2.05) is 79.7 Å². The van der Waals surface area contributed by atoms with Crippen molar-refractivity contribution < 1.29 is 14.3 Å². The van der Waals surface area contributed by atoms with Gasteiger partial charge in [-0.15, -0.1) is 0 Å². The number of hydrogen-bond donors (Lipinski definition) is 0. The number of thiocarbonyl (C=S) groups is 1. The molecule has 8 heteroatoms. The average molecular weight is 561 g/mol. The van der Waals surface area contributed by atoms with Gasteiger partial charge < -0.3 is 9.47 Å². The summed E-state index contributed by atoms with van der Waals surface area (Å²) in [6.07, 6.45) is 1.82. The largest absolute Gasteiger partial charge is 0.490 e. The van der Waals surface area contributed by atoms with Gasteiger partial charge in [-0.2, -0.15) is 0 Å². The standard InChI is InChI=1S/C25H19BrClNO3S2/c1-2-30-22-12-16(10-11-21(22)31-15-17-6-3-4-9-20(17)27)13-23-24(29)28(25(32)33-23)19-8-5-7-18(26)14-19/h3-14H,2,15H2,1H3/b23-13+. The molecule has 168 valence electrons. The fraction of sp³-hybridized carbons (Fsp3) is 0.120. The Labute approximate surface area is 215 Å². The molecule has 33 heavy (non-hydrogen) atoms. The van der Waals surface area contributed by atoms with E-state index in [0.29, 0.717) is 39.0 Å². The summed E-state index contributed by atoms with van der Waals surface area (Å²) in [6, 6.07) is 20.6. The molecule has 0 radical (unpaired) electrons. The lowest BCUT2D eigenvalue weighted by molar-refractivity contribution is -0.113. The third-order valence-corrected chi connectivity index (χ3v) is 6.93. The fourth-order valence-electron chi connectivity index (χ4n) is 3.23. The summed E-state index contributed by atoms with van der Waals surface area (Å²) in [5, 5.41) is 0.652. The van der Waals surface area contributed by atoms with Gasteiger partial charge in [0.15, 0.2) is 15.8 Å². The van der Waals surface area contributed by atoms with Gasteiger partial charge in [0.1, 0.15) is 6.61 Å². The van der Waals surface area contributed by atoms with Gasteiger partial charge in [0.2, 0.25) is 0 Å². The summed E-state index contributed by atoms with van der Waals surface area (Å²) in [7, 11) is 0. The Bertz CT molecular complexity index is 1250. The van der Waals surface area contributed by atoms with Crippen LogP contribution in [-0.2, 0) is 11.4 Å². The Balaban J connectivity index is 1.56. The second kappa shape index (κ2) is 10.7. The zero-order chi connectivity index (χ0) is 23.4. The molecule has 4 rings (SSSR count). The van der Waals surface area contributed by atoms with Crippen LogP contribution >= 0.6 is 51.5 Å². The molecule has 1 aliphatic heterocycles. The van der Waals surface area contributed by atoms with Crippen molar-refractivity contribution in [2.75, 3.05) is 11.5 Å². The van der Waals surface area contributed by atoms with Crippen LogP contribution in [0.15, 0.2) is 76.1 Å². The Hall–Kier alpha value is -2.32. The zero-order valence-corrected chi connectivity index (χ0v) is 21.6. The van der Waals surface area contributed by atoms with Crippen molar-refractivity contribution in [2.45, 2.75) is 13.5 Å². The molecule has 1 amide bonds. The number of carbonyl (C=O) groups excluding carboxylic acids is 1. The van der Waals surface area contributed by atoms with Crippen LogP contribution in [0, 0.1) is 0 Å². The first kappa shape index (κ1) is 23.8. The molecule has 0 unspecified atom stereocenters. The Morgan fingerprint density at radius 2 is 1.88 bits per heavy atom. The maximum atomic E-state index is 13.1. The van der Waals surface area contributed by atoms with Crippen molar-refractivity contribution in [1.29, 1.82) is 0 Å². The van der Waals surface area contributed by atoms with Gasteiger partial charge in [-0.3, -0.25) is 9.69 Å². The molecular formula is C25H19BrClNO3S2. The predicted octanol–water partition coefficient (Wildman–Crippen LogP) is 7.49. The molecule has 0 aliphatic carbocycles. The third-order valence-electron chi connectivity index (χ3n) is 4.77. The van der Waals surface area contributed by atoms with Gasteiger partial charge in [0.25, 0.3) is 5.91 Å². The normalized spacial score (nSPS) is 14.8. The van der Waals surface area contributed by atoms with Crippen molar-refractivity contribution >= 4 is 73.5 Å². The van der Waals surface area contributed by atoms with E-state index in [1.165, 1.54) is 11.8 Å². The quantitative estimate of drug-likeness (QED) is 0.221. The first-order chi connectivity index (χ1) is 16.0. The average Bonchev–Trinajstić information content (AvgIpc) is 3.07. The van der Waals surface area contributed by atoms with Crippen LogP contribution in [0.2, 0.25) is 5.02 Å². The minimum absolute atomic E-state index is 0.153. The van der Waals surface area contributed by atoms with E-state index in [2.05, 4.69) is 15.9 Å². The fourth-order valence-corrected chi connectivity index (χ4v) is 5.11. The number of ether oxygens (including phenoxy) is 2. The van der Waals surface area contributed by atoms with Crippen molar-refractivity contribution in [1.82, 2.24) is 0 Å². The summed E-state index contributed by atoms with van der Waals surface area (Å²) < 4.78 is 13.1. The van der Waals surface area contributed by atoms with E-state index in [1.54, 1.807) is 4.90 Å². The number of rotatable bonds is 7. The van der Waals surface area contributed by atoms with Crippen molar-refractivity contribution in [3.05, 3.63) is 92.3 Å². The van der Waals surface area contributed by atoms with Gasteiger partial charge in [-0.25, -0.2) is 0 Å². The molecule has 3 aromatic carbocycles. The molecule has 0 aromatic heterocycles. The van der Waals surface area contributed by atoms with Crippen LogP contribution in [0.4, 0.5) is 5.69 Å². The number of nitrogens with zero attached hydrogens (tertiary/aromatic N) is 1. The molecule has 0 bridgehead atoms. The molecule has 1 heterocycles. The number of hydrogen-bond acceptors (Lipinski definition) is 5. The smallest absolute Gasteiger partial charge is 0.270 e. The summed E-state index contributed by atoms with van der Waals surface area (Å²) in [5.41, 5.74) is 2.44. The molecule has 0 atom stereocenters. The van der Waals surface area contributed by atoms with Crippen LogP contribution in [0.25, 0.3) is 6.08 Å². The van der Waals surface area contributed by atoms with Crippen LogP contribution in [-0.4, -0.2) is 16.8 Å². The van der Waals surface area contributed by atoms with Crippen molar-refractivity contribution in [3.8, 4) is 11.5 Å². The molecule has 1 aliphatic rings. The van der Waals surface area contributed by atoms with Gasteiger partial charge in [0.05, 0.1) is 17.2 Å². The number of halogens is 2. The molecule has 0 N–H and O–H groups in total. The van der Waals surface area contributed by atoms with Crippen LogP contribution in [0.3, 0.4) is 0 Å². The van der Waals surface area contributed by atoms with Crippen LogP contribution in [0.1, 0.15) is 18.1 Å². The summed E-state index contributed by atoms with van der Waals surface area (Å²) >= 11 is 16.4. The Kier molecular flexibility index (Phi) is 7.75. The van der Waals surface area contributed by atoms with Gasteiger partial charge in [0, 0.05) is 15.1 Å². The summed E-state index contributed by atoms with van der Waals surface area (Å²) in [6.45, 7) is 2.72. The number of anilines is 1. The second-order valence-electron chi connectivity index (χ2n) is 7.02. The number of thioether (sulfide) groups is 1. The summed E-state index contributed by atoms with van der Waals surface area (Å²) in [5.74, 6) is 1.05. The molecule has 1 saturated heterocycles. The van der Waals surface area contributed by atoms with Crippen molar-refractivity contribution in [3.63, 3.8) is 0 Å². The highest BCUT2D eigenvalue weighted by Gasteiger charge is 2.33. The van der Waals surface area contributed by atoms with E-state index >= 15 is 0 Å². The highest BCUT2D eigenvalue weighted by molar-refractivity contribution is 9.10. The lowest BCUT2D eigenvalue weighted by Gasteiger charge is -2.14. The molecule has 1 fully saturated rings. The van der Waals surface area contributed by atoms with E-state index in [0.717, 1.165) is 21.3 Å². The SMILES string of the molecule is CCOc1cc(/C=C2/SC(=S)N(c3cccc(Br)c3)C2=O)ccc1OCc1ccccc1Cl. The van der Waals surface area contributed by atoms with E-state index < -0.39 is 0 Å². The number of benzene rings is 3. The molecular weight excluding hydrogens is 542 g/mol. The minimum atomic E-state index is -0.153. The van der Waals surface area contributed by atoms with Crippen LogP contribution < -0.4 is 14.4 Å². The number of amides is 1. The summed E-state index contributed by atoms with van der Waals surface area (Å²) in [4.78, 5) is 15.2. The maximum absolute atomic E-state index is 13.1. The maximum Gasteiger partial charge on any atom is 0.270 e. The molecule has 4 nitrogen and oxygen atoms in total. The Morgan fingerprint density at radius 3 is 2.64 bits per heavy atom. The topological polar surface area (TPSA) is 38.8 Å². The van der Waals surface area contributed by atoms with E-state index in [9.17, 15) is 4.79 Å². The first-order valence-electron chi connectivity index (χ1n) is 10.1. The monoisotopic (exact) mass is 559 g/mol. The predicted molar refractivity (Wildman–Crippen MR) is 143 cm³/mol.